The normalized spacial score (nSPS) is 12.3. The van der Waals surface area contributed by atoms with Crippen molar-refractivity contribution in [1.29, 1.82) is 0 Å². The van der Waals surface area contributed by atoms with Crippen LogP contribution in [0.5, 0.6) is 0 Å². The molecule has 21 heavy (non-hydrogen) atoms. The molecule has 2 aromatic carbocycles. The fourth-order valence-corrected chi connectivity index (χ4v) is 3.13. The summed E-state index contributed by atoms with van der Waals surface area (Å²) in [5, 5.41) is 3.26. The molecular weight excluding hydrogens is 276 g/mol. The van der Waals surface area contributed by atoms with Gasteiger partial charge in [0.15, 0.2) is 0 Å². The van der Waals surface area contributed by atoms with E-state index in [1.165, 1.54) is 16.7 Å². The molecule has 0 aliphatic heterocycles. The highest BCUT2D eigenvalue weighted by Gasteiger charge is 2.06. The van der Waals surface area contributed by atoms with Gasteiger partial charge in [-0.3, -0.25) is 0 Å². The van der Waals surface area contributed by atoms with Gasteiger partial charge in [0.2, 0.25) is 0 Å². The number of rotatable bonds is 4. The van der Waals surface area contributed by atoms with Crippen LogP contribution in [-0.4, -0.2) is 4.98 Å². The third kappa shape index (κ3) is 3.38. The van der Waals surface area contributed by atoms with Crippen LogP contribution in [0.4, 0.5) is 0 Å². The van der Waals surface area contributed by atoms with Crippen LogP contribution in [0.2, 0.25) is 0 Å². The summed E-state index contributed by atoms with van der Waals surface area (Å²) in [4.78, 5) is 4.74. The van der Waals surface area contributed by atoms with Crippen molar-refractivity contribution in [2.45, 2.75) is 19.4 Å². The first kappa shape index (κ1) is 14.0. The molecule has 0 aliphatic carbocycles. The standard InChI is InChI=1S/C18H18N2S/c1-13(19)16-9-5-6-14(10-16)11-18-20-17(12-21-18)15-7-3-2-4-8-15/h2-10,12-13H,11,19H2,1H3. The second-order valence-corrected chi connectivity index (χ2v) is 6.15. The molecule has 2 nitrogen and oxygen atoms in total. The highest BCUT2D eigenvalue weighted by Crippen LogP contribution is 2.23. The number of nitrogens with two attached hydrogens (primary N) is 1. The van der Waals surface area contributed by atoms with Crippen LogP contribution in [0.15, 0.2) is 60.0 Å². The van der Waals surface area contributed by atoms with Gasteiger partial charge in [-0.25, -0.2) is 4.98 Å². The van der Waals surface area contributed by atoms with Gasteiger partial charge < -0.3 is 5.73 Å². The average molecular weight is 294 g/mol. The monoisotopic (exact) mass is 294 g/mol. The Hall–Kier alpha value is -1.97. The number of aromatic nitrogens is 1. The number of benzene rings is 2. The third-order valence-electron chi connectivity index (χ3n) is 3.45. The molecule has 0 bridgehead atoms. The molecule has 3 heteroatoms. The summed E-state index contributed by atoms with van der Waals surface area (Å²) in [5.41, 5.74) is 10.6. The number of thiazole rings is 1. The minimum atomic E-state index is 0.0705. The highest BCUT2D eigenvalue weighted by molar-refractivity contribution is 7.10. The topological polar surface area (TPSA) is 38.9 Å². The Kier molecular flexibility index (Phi) is 4.13. The van der Waals surface area contributed by atoms with Gasteiger partial charge in [0.25, 0.3) is 0 Å². The van der Waals surface area contributed by atoms with Gasteiger partial charge in [-0.15, -0.1) is 11.3 Å². The summed E-state index contributed by atoms with van der Waals surface area (Å²) >= 11 is 1.71. The van der Waals surface area contributed by atoms with Crippen LogP contribution in [0.25, 0.3) is 11.3 Å². The fraction of sp³-hybridized carbons (Fsp3) is 0.167. The first-order valence-corrected chi connectivity index (χ1v) is 7.94. The van der Waals surface area contributed by atoms with E-state index < -0.39 is 0 Å². The SMILES string of the molecule is CC(N)c1cccc(Cc2nc(-c3ccccc3)cs2)c1. The van der Waals surface area contributed by atoms with Crippen molar-refractivity contribution < 1.29 is 0 Å². The Bertz CT molecular complexity index is 717. The Balaban J connectivity index is 1.80. The minimum Gasteiger partial charge on any atom is -0.324 e. The van der Waals surface area contributed by atoms with E-state index in [0.717, 1.165) is 17.1 Å². The number of hydrogen-bond acceptors (Lipinski definition) is 3. The molecule has 1 aromatic heterocycles. The predicted octanol–water partition coefficient (Wildman–Crippen LogP) is 4.42. The van der Waals surface area contributed by atoms with Gasteiger partial charge in [0.05, 0.1) is 10.7 Å². The second kappa shape index (κ2) is 6.20. The summed E-state index contributed by atoms with van der Waals surface area (Å²) in [6, 6.07) is 18.8. The number of nitrogens with zero attached hydrogens (tertiary/aromatic N) is 1. The smallest absolute Gasteiger partial charge is 0.0976 e. The summed E-state index contributed by atoms with van der Waals surface area (Å²) in [6.07, 6.45) is 0.859. The van der Waals surface area contributed by atoms with Crippen LogP contribution in [-0.2, 0) is 6.42 Å². The van der Waals surface area contributed by atoms with E-state index in [4.69, 9.17) is 10.7 Å². The Morgan fingerprint density at radius 3 is 2.67 bits per heavy atom. The predicted molar refractivity (Wildman–Crippen MR) is 89.4 cm³/mol. The van der Waals surface area contributed by atoms with E-state index in [9.17, 15) is 0 Å². The van der Waals surface area contributed by atoms with Crippen molar-refractivity contribution in [3.8, 4) is 11.3 Å². The molecule has 0 spiro atoms. The van der Waals surface area contributed by atoms with E-state index in [1.54, 1.807) is 11.3 Å². The molecule has 0 saturated heterocycles. The summed E-state index contributed by atoms with van der Waals surface area (Å²) in [7, 11) is 0. The average Bonchev–Trinajstić information content (AvgIpc) is 2.97. The van der Waals surface area contributed by atoms with Crippen LogP contribution < -0.4 is 5.73 Å². The first-order valence-electron chi connectivity index (χ1n) is 7.06. The molecule has 3 rings (SSSR count). The number of hydrogen-bond donors (Lipinski definition) is 1. The molecule has 0 amide bonds. The molecule has 0 aliphatic rings. The van der Waals surface area contributed by atoms with Gasteiger partial charge in [-0.1, -0.05) is 54.6 Å². The van der Waals surface area contributed by atoms with E-state index in [2.05, 4.69) is 41.8 Å². The Morgan fingerprint density at radius 1 is 1.10 bits per heavy atom. The lowest BCUT2D eigenvalue weighted by Gasteiger charge is -2.07. The molecule has 1 unspecified atom stereocenters. The quantitative estimate of drug-likeness (QED) is 0.773. The van der Waals surface area contributed by atoms with E-state index in [-0.39, 0.29) is 6.04 Å². The summed E-state index contributed by atoms with van der Waals surface area (Å²) in [6.45, 7) is 2.01. The van der Waals surface area contributed by atoms with E-state index in [0.29, 0.717) is 0 Å². The zero-order valence-corrected chi connectivity index (χ0v) is 12.8. The molecule has 1 atom stereocenters. The van der Waals surface area contributed by atoms with Gasteiger partial charge in [0.1, 0.15) is 0 Å². The molecule has 1 heterocycles. The van der Waals surface area contributed by atoms with E-state index >= 15 is 0 Å². The molecule has 2 N–H and O–H groups in total. The molecule has 0 radical (unpaired) electrons. The van der Waals surface area contributed by atoms with E-state index in [1.807, 2.05) is 25.1 Å². The van der Waals surface area contributed by atoms with Crippen LogP contribution in [0.3, 0.4) is 0 Å². The van der Waals surface area contributed by atoms with Crippen molar-refractivity contribution >= 4 is 11.3 Å². The van der Waals surface area contributed by atoms with Gasteiger partial charge in [-0.2, -0.15) is 0 Å². The zero-order chi connectivity index (χ0) is 14.7. The summed E-state index contributed by atoms with van der Waals surface area (Å²) < 4.78 is 0. The fourth-order valence-electron chi connectivity index (χ4n) is 2.29. The maximum Gasteiger partial charge on any atom is 0.0976 e. The first-order chi connectivity index (χ1) is 10.2. The second-order valence-electron chi connectivity index (χ2n) is 5.20. The largest absolute Gasteiger partial charge is 0.324 e. The van der Waals surface area contributed by atoms with Crippen molar-refractivity contribution in [2.75, 3.05) is 0 Å². The Morgan fingerprint density at radius 2 is 1.90 bits per heavy atom. The maximum atomic E-state index is 5.94. The lowest BCUT2D eigenvalue weighted by Crippen LogP contribution is -2.05. The highest BCUT2D eigenvalue weighted by atomic mass is 32.1. The van der Waals surface area contributed by atoms with Crippen LogP contribution in [0.1, 0.15) is 29.1 Å². The minimum absolute atomic E-state index is 0.0705. The van der Waals surface area contributed by atoms with Crippen molar-refractivity contribution in [1.82, 2.24) is 4.98 Å². The van der Waals surface area contributed by atoms with Crippen LogP contribution in [0, 0.1) is 0 Å². The molecule has 106 valence electrons. The van der Waals surface area contributed by atoms with Gasteiger partial charge >= 0.3 is 0 Å². The van der Waals surface area contributed by atoms with Crippen molar-refractivity contribution in [3.05, 3.63) is 76.1 Å². The molecular formula is C18H18N2S. The third-order valence-corrected chi connectivity index (χ3v) is 4.30. The lowest BCUT2D eigenvalue weighted by atomic mass is 10.0. The Labute approximate surface area is 129 Å². The van der Waals surface area contributed by atoms with Crippen molar-refractivity contribution in [3.63, 3.8) is 0 Å². The maximum absolute atomic E-state index is 5.94. The molecule has 0 fully saturated rings. The molecule has 0 saturated carbocycles. The lowest BCUT2D eigenvalue weighted by molar-refractivity contribution is 0.816. The van der Waals surface area contributed by atoms with Gasteiger partial charge in [0, 0.05) is 23.4 Å². The zero-order valence-electron chi connectivity index (χ0n) is 12.0. The van der Waals surface area contributed by atoms with Gasteiger partial charge in [-0.05, 0) is 18.1 Å². The molecule has 3 aromatic rings. The van der Waals surface area contributed by atoms with Crippen LogP contribution >= 0.6 is 11.3 Å². The van der Waals surface area contributed by atoms with Crippen molar-refractivity contribution in [2.24, 2.45) is 5.73 Å². The summed E-state index contributed by atoms with van der Waals surface area (Å²) in [5.74, 6) is 0.